The molecule has 0 saturated heterocycles. The van der Waals surface area contributed by atoms with Gasteiger partial charge in [0.25, 0.3) is 0 Å². The van der Waals surface area contributed by atoms with Crippen LogP contribution in [0.1, 0.15) is 37.3 Å². The first-order chi connectivity index (χ1) is 7.50. The van der Waals surface area contributed by atoms with E-state index in [9.17, 15) is 0 Å². The molecule has 0 fully saturated rings. The van der Waals surface area contributed by atoms with Gasteiger partial charge in [-0.2, -0.15) is 0 Å². The number of nitrogens with two attached hydrogens (primary N) is 1. The molecule has 1 aromatic rings. The predicted molar refractivity (Wildman–Crippen MR) is 67.3 cm³/mol. The highest BCUT2D eigenvalue weighted by Crippen LogP contribution is 2.27. The lowest BCUT2D eigenvalue weighted by Gasteiger charge is -2.14. The van der Waals surface area contributed by atoms with E-state index in [-0.39, 0.29) is 5.84 Å². The summed E-state index contributed by atoms with van der Waals surface area (Å²) in [6, 6.07) is 6.23. The average molecular weight is 220 g/mol. The summed E-state index contributed by atoms with van der Waals surface area (Å²) < 4.78 is 5.67. The maximum Gasteiger partial charge on any atom is 0.123 e. The molecule has 0 bridgehead atoms. The van der Waals surface area contributed by atoms with E-state index < -0.39 is 0 Å². The topological polar surface area (TPSA) is 59.1 Å². The summed E-state index contributed by atoms with van der Waals surface area (Å²) in [5, 5.41) is 7.14. The first-order valence-corrected chi connectivity index (χ1v) is 5.57. The minimum atomic E-state index is 0.166. The van der Waals surface area contributed by atoms with Crippen molar-refractivity contribution in [2.24, 2.45) is 5.73 Å². The van der Waals surface area contributed by atoms with Crippen molar-refractivity contribution < 1.29 is 4.74 Å². The molecule has 3 heteroatoms. The third-order valence-corrected chi connectivity index (χ3v) is 2.42. The fraction of sp³-hybridized carbons (Fsp3) is 0.462. The predicted octanol–water partition coefficient (Wildman–Crippen LogP) is 2.82. The van der Waals surface area contributed by atoms with Crippen LogP contribution in [0.4, 0.5) is 0 Å². The Morgan fingerprint density at radius 3 is 2.69 bits per heavy atom. The van der Waals surface area contributed by atoms with Crippen molar-refractivity contribution in [3.63, 3.8) is 0 Å². The Morgan fingerprint density at radius 1 is 1.44 bits per heavy atom. The average Bonchev–Trinajstić information content (AvgIpc) is 2.16. The highest BCUT2D eigenvalue weighted by atomic mass is 16.5. The molecule has 0 aliphatic carbocycles. The normalized spacial score (nSPS) is 10.5. The van der Waals surface area contributed by atoms with E-state index >= 15 is 0 Å². The van der Waals surface area contributed by atoms with Crippen molar-refractivity contribution >= 4 is 5.84 Å². The number of ether oxygens (including phenoxy) is 1. The lowest BCUT2D eigenvalue weighted by molar-refractivity contribution is 0.323. The Morgan fingerprint density at radius 2 is 2.12 bits per heavy atom. The quantitative estimate of drug-likeness (QED) is 0.592. The van der Waals surface area contributed by atoms with Crippen molar-refractivity contribution in [3.8, 4) is 5.75 Å². The van der Waals surface area contributed by atoms with Gasteiger partial charge in [0, 0.05) is 6.42 Å². The monoisotopic (exact) mass is 220 g/mol. The lowest BCUT2D eigenvalue weighted by Crippen LogP contribution is -2.14. The van der Waals surface area contributed by atoms with Gasteiger partial charge in [-0.25, -0.2) is 0 Å². The third-order valence-electron chi connectivity index (χ3n) is 2.42. The number of hydrogen-bond donors (Lipinski definition) is 2. The molecule has 0 heterocycles. The first-order valence-electron chi connectivity index (χ1n) is 5.57. The molecule has 3 nitrogen and oxygen atoms in total. The third kappa shape index (κ3) is 3.57. The second-order valence-electron chi connectivity index (χ2n) is 4.32. The van der Waals surface area contributed by atoms with Crippen LogP contribution in [0.15, 0.2) is 18.2 Å². The molecular formula is C13H20N2O. The van der Waals surface area contributed by atoms with Crippen LogP contribution in [0.3, 0.4) is 0 Å². The van der Waals surface area contributed by atoms with Gasteiger partial charge in [0.05, 0.1) is 12.4 Å². The number of hydrogen-bond acceptors (Lipinski definition) is 2. The Bertz CT molecular complexity index is 372. The zero-order valence-electron chi connectivity index (χ0n) is 10.2. The van der Waals surface area contributed by atoms with Gasteiger partial charge in [-0.3, -0.25) is 5.41 Å². The Hall–Kier alpha value is -1.51. The Kier molecular flexibility index (Phi) is 4.35. The summed E-state index contributed by atoms with van der Waals surface area (Å²) in [6.07, 6.45) is 0.478. The molecule has 0 unspecified atom stereocenters. The van der Waals surface area contributed by atoms with Crippen LogP contribution in [0.5, 0.6) is 5.75 Å². The van der Waals surface area contributed by atoms with Gasteiger partial charge in [0.15, 0.2) is 0 Å². The smallest absolute Gasteiger partial charge is 0.123 e. The molecule has 0 aliphatic rings. The van der Waals surface area contributed by atoms with Crippen LogP contribution in [0.2, 0.25) is 0 Å². The van der Waals surface area contributed by atoms with E-state index in [1.807, 2.05) is 13.0 Å². The molecule has 0 aliphatic heterocycles. The maximum atomic E-state index is 7.14. The maximum absolute atomic E-state index is 7.14. The molecule has 1 rings (SSSR count). The number of aryl methyl sites for hydroxylation is 1. The van der Waals surface area contributed by atoms with Crippen molar-refractivity contribution in [3.05, 3.63) is 29.3 Å². The van der Waals surface area contributed by atoms with Gasteiger partial charge in [0.2, 0.25) is 0 Å². The number of rotatable bonds is 5. The Balaban J connectivity index is 2.76. The van der Waals surface area contributed by atoms with Crippen LogP contribution >= 0.6 is 0 Å². The molecule has 0 aromatic heterocycles. The number of nitrogens with one attached hydrogen (secondary N) is 1. The molecular weight excluding hydrogens is 200 g/mol. The SMILES string of the molecule is Cc1ccc(C(C)C)c(OCCC(=N)N)c1. The minimum absolute atomic E-state index is 0.166. The van der Waals surface area contributed by atoms with Gasteiger partial charge in [-0.15, -0.1) is 0 Å². The van der Waals surface area contributed by atoms with Gasteiger partial charge in [0.1, 0.15) is 5.75 Å². The number of benzene rings is 1. The van der Waals surface area contributed by atoms with Crippen LogP contribution < -0.4 is 10.5 Å². The van der Waals surface area contributed by atoms with Gasteiger partial charge in [-0.1, -0.05) is 26.0 Å². The number of amidine groups is 1. The van der Waals surface area contributed by atoms with Crippen molar-refractivity contribution in [1.82, 2.24) is 0 Å². The van der Waals surface area contributed by atoms with Crippen LogP contribution in [-0.2, 0) is 0 Å². The van der Waals surface area contributed by atoms with E-state index in [1.54, 1.807) is 0 Å². The second kappa shape index (κ2) is 5.54. The summed E-state index contributed by atoms with van der Waals surface area (Å²) in [6.45, 7) is 6.80. The van der Waals surface area contributed by atoms with Crippen LogP contribution in [0.25, 0.3) is 0 Å². The van der Waals surface area contributed by atoms with Crippen molar-refractivity contribution in [1.29, 1.82) is 5.41 Å². The second-order valence-corrected chi connectivity index (χ2v) is 4.32. The van der Waals surface area contributed by atoms with Crippen molar-refractivity contribution in [2.75, 3.05) is 6.61 Å². The molecule has 3 N–H and O–H groups in total. The minimum Gasteiger partial charge on any atom is -0.493 e. The van der Waals surface area contributed by atoms with Crippen molar-refractivity contribution in [2.45, 2.75) is 33.1 Å². The van der Waals surface area contributed by atoms with E-state index in [0.717, 1.165) is 5.75 Å². The lowest BCUT2D eigenvalue weighted by atomic mass is 10.0. The van der Waals surface area contributed by atoms with E-state index in [0.29, 0.717) is 18.9 Å². The summed E-state index contributed by atoms with van der Waals surface area (Å²) in [7, 11) is 0. The van der Waals surface area contributed by atoms with Crippen LogP contribution in [-0.4, -0.2) is 12.4 Å². The molecule has 16 heavy (non-hydrogen) atoms. The standard InChI is InChI=1S/C13H20N2O/c1-9(2)11-5-4-10(3)8-12(11)16-7-6-13(14)15/h4-5,8-9H,6-7H2,1-3H3,(H3,14,15). The molecule has 1 aromatic carbocycles. The molecule has 0 spiro atoms. The van der Waals surface area contributed by atoms with E-state index in [2.05, 4.69) is 26.0 Å². The van der Waals surface area contributed by atoms with Gasteiger partial charge >= 0.3 is 0 Å². The fourth-order valence-corrected chi connectivity index (χ4v) is 1.51. The zero-order chi connectivity index (χ0) is 12.1. The fourth-order valence-electron chi connectivity index (χ4n) is 1.51. The molecule has 88 valence electrons. The van der Waals surface area contributed by atoms with Crippen LogP contribution in [0, 0.1) is 12.3 Å². The molecule has 0 atom stereocenters. The van der Waals surface area contributed by atoms with E-state index in [1.165, 1.54) is 11.1 Å². The highest BCUT2D eigenvalue weighted by molar-refractivity contribution is 5.76. The largest absolute Gasteiger partial charge is 0.493 e. The zero-order valence-corrected chi connectivity index (χ0v) is 10.2. The summed E-state index contributed by atoms with van der Waals surface area (Å²) in [5.74, 6) is 1.52. The summed E-state index contributed by atoms with van der Waals surface area (Å²) in [5.41, 5.74) is 7.67. The molecule has 0 amide bonds. The summed E-state index contributed by atoms with van der Waals surface area (Å²) >= 11 is 0. The Labute approximate surface area is 97.1 Å². The molecule has 0 radical (unpaired) electrons. The summed E-state index contributed by atoms with van der Waals surface area (Å²) in [4.78, 5) is 0. The van der Waals surface area contributed by atoms with Gasteiger partial charge in [-0.05, 0) is 30.0 Å². The molecule has 0 saturated carbocycles. The highest BCUT2D eigenvalue weighted by Gasteiger charge is 2.07. The first kappa shape index (κ1) is 12.6. The van der Waals surface area contributed by atoms with Gasteiger partial charge < -0.3 is 10.5 Å². The van der Waals surface area contributed by atoms with E-state index in [4.69, 9.17) is 15.9 Å².